The maximum Gasteiger partial charge on any atom is 0.311 e. The number of likely N-dealkylation sites (tertiary alicyclic amines) is 1. The third kappa shape index (κ3) is 5.17. The summed E-state index contributed by atoms with van der Waals surface area (Å²) in [7, 11) is 3.87. The van der Waals surface area contributed by atoms with E-state index in [1.807, 2.05) is 19.0 Å². The number of nitrogens with one attached hydrogen (secondary N) is 1. The molecule has 0 radical (unpaired) electrons. The number of hydrogen-bond donors (Lipinski definition) is 1. The maximum atomic E-state index is 11.8. The summed E-state index contributed by atoms with van der Waals surface area (Å²) in [6.07, 6.45) is 4.34. The van der Waals surface area contributed by atoms with Crippen LogP contribution in [0.3, 0.4) is 0 Å². The van der Waals surface area contributed by atoms with Crippen molar-refractivity contribution in [2.45, 2.75) is 25.7 Å². The Morgan fingerprint density at radius 2 is 1.71 bits per heavy atom. The van der Waals surface area contributed by atoms with Crippen molar-refractivity contribution in [3.8, 4) is 0 Å². The van der Waals surface area contributed by atoms with Crippen molar-refractivity contribution in [1.29, 1.82) is 0 Å². The number of hydrogen-bond acceptors (Lipinski definition) is 3. The topological polar surface area (TPSA) is 52.7 Å². The molecule has 0 aromatic rings. The van der Waals surface area contributed by atoms with Gasteiger partial charge >= 0.3 is 11.8 Å². The van der Waals surface area contributed by atoms with Crippen LogP contribution in [0.4, 0.5) is 0 Å². The molecule has 1 fully saturated rings. The standard InChI is InChI=1S/C12H23N3O2/c1-14(2)10-7-13-11(16)12(17)15-8-5-3-4-6-9-15/h3-10H2,1-2H3,(H,13,16). The summed E-state index contributed by atoms with van der Waals surface area (Å²) in [4.78, 5) is 27.1. The first-order valence-corrected chi connectivity index (χ1v) is 6.33. The summed E-state index contributed by atoms with van der Waals surface area (Å²) >= 11 is 0. The molecule has 1 aliphatic rings. The van der Waals surface area contributed by atoms with Crippen LogP contribution in [-0.2, 0) is 9.59 Å². The van der Waals surface area contributed by atoms with E-state index in [2.05, 4.69) is 5.32 Å². The second-order valence-corrected chi connectivity index (χ2v) is 4.77. The van der Waals surface area contributed by atoms with Gasteiger partial charge in [-0.3, -0.25) is 9.59 Å². The third-order valence-corrected chi connectivity index (χ3v) is 2.93. The van der Waals surface area contributed by atoms with Gasteiger partial charge < -0.3 is 15.1 Å². The van der Waals surface area contributed by atoms with Gasteiger partial charge in [0.15, 0.2) is 0 Å². The van der Waals surface area contributed by atoms with Crippen molar-refractivity contribution in [3.63, 3.8) is 0 Å². The van der Waals surface area contributed by atoms with Crippen LogP contribution in [0.25, 0.3) is 0 Å². The molecule has 2 amide bonds. The molecule has 0 atom stereocenters. The van der Waals surface area contributed by atoms with Crippen molar-refractivity contribution in [1.82, 2.24) is 15.1 Å². The van der Waals surface area contributed by atoms with Gasteiger partial charge in [0, 0.05) is 26.2 Å². The van der Waals surface area contributed by atoms with Crippen molar-refractivity contribution >= 4 is 11.8 Å². The fourth-order valence-corrected chi connectivity index (χ4v) is 1.89. The predicted molar refractivity (Wildman–Crippen MR) is 66.6 cm³/mol. The fourth-order valence-electron chi connectivity index (χ4n) is 1.89. The van der Waals surface area contributed by atoms with E-state index in [-0.39, 0.29) is 5.91 Å². The van der Waals surface area contributed by atoms with E-state index in [9.17, 15) is 9.59 Å². The number of amides is 2. The monoisotopic (exact) mass is 241 g/mol. The summed E-state index contributed by atoms with van der Waals surface area (Å²) in [5.41, 5.74) is 0. The molecule has 17 heavy (non-hydrogen) atoms. The first-order valence-electron chi connectivity index (χ1n) is 6.33. The van der Waals surface area contributed by atoms with Gasteiger partial charge in [-0.15, -0.1) is 0 Å². The Kier molecular flexibility index (Phi) is 5.97. The van der Waals surface area contributed by atoms with E-state index in [1.165, 1.54) is 0 Å². The predicted octanol–water partition coefficient (Wildman–Crippen LogP) is 0.0668. The van der Waals surface area contributed by atoms with Gasteiger partial charge in [-0.05, 0) is 26.9 Å². The number of carbonyl (C=O) groups is 2. The van der Waals surface area contributed by atoms with Crippen molar-refractivity contribution in [2.24, 2.45) is 0 Å². The Balaban J connectivity index is 2.31. The minimum absolute atomic E-state index is 0.370. The molecule has 5 nitrogen and oxygen atoms in total. The van der Waals surface area contributed by atoms with Gasteiger partial charge in [0.05, 0.1) is 0 Å². The smallest absolute Gasteiger partial charge is 0.311 e. The molecule has 0 bridgehead atoms. The van der Waals surface area contributed by atoms with Crippen LogP contribution in [-0.4, -0.2) is 61.9 Å². The summed E-state index contributed by atoms with van der Waals surface area (Å²) in [5, 5.41) is 2.66. The summed E-state index contributed by atoms with van der Waals surface area (Å²) in [6.45, 7) is 2.71. The lowest BCUT2D eigenvalue weighted by Gasteiger charge is -2.19. The molecular formula is C12H23N3O2. The van der Waals surface area contributed by atoms with Gasteiger partial charge in [0.25, 0.3) is 0 Å². The Hall–Kier alpha value is -1.10. The molecule has 98 valence electrons. The van der Waals surface area contributed by atoms with Crippen LogP contribution >= 0.6 is 0 Å². The summed E-state index contributed by atoms with van der Waals surface area (Å²) in [5.74, 6) is -0.834. The highest BCUT2D eigenvalue weighted by Gasteiger charge is 2.21. The maximum absolute atomic E-state index is 11.8. The Morgan fingerprint density at radius 1 is 1.12 bits per heavy atom. The van der Waals surface area contributed by atoms with E-state index < -0.39 is 5.91 Å². The average molecular weight is 241 g/mol. The highest BCUT2D eigenvalue weighted by atomic mass is 16.2. The van der Waals surface area contributed by atoms with E-state index in [1.54, 1.807) is 4.90 Å². The zero-order valence-electron chi connectivity index (χ0n) is 10.9. The highest BCUT2D eigenvalue weighted by Crippen LogP contribution is 2.09. The van der Waals surface area contributed by atoms with E-state index in [4.69, 9.17) is 0 Å². The van der Waals surface area contributed by atoms with Crippen LogP contribution in [0.15, 0.2) is 0 Å². The molecule has 1 heterocycles. The van der Waals surface area contributed by atoms with Crippen LogP contribution < -0.4 is 5.32 Å². The quantitative estimate of drug-likeness (QED) is 0.711. The van der Waals surface area contributed by atoms with Crippen molar-refractivity contribution < 1.29 is 9.59 Å². The zero-order valence-corrected chi connectivity index (χ0v) is 10.9. The average Bonchev–Trinajstić information content (AvgIpc) is 2.55. The van der Waals surface area contributed by atoms with Crippen LogP contribution in [0.2, 0.25) is 0 Å². The number of rotatable bonds is 3. The number of carbonyl (C=O) groups excluding carboxylic acids is 2. The minimum atomic E-state index is -0.464. The number of likely N-dealkylation sites (N-methyl/N-ethyl adjacent to an activating group) is 1. The lowest BCUT2D eigenvalue weighted by Crippen LogP contribution is -2.44. The summed E-state index contributed by atoms with van der Waals surface area (Å²) in [6, 6.07) is 0. The lowest BCUT2D eigenvalue weighted by atomic mass is 10.2. The molecule has 0 saturated carbocycles. The summed E-state index contributed by atoms with van der Waals surface area (Å²) < 4.78 is 0. The molecule has 5 heteroatoms. The Bertz CT molecular complexity index is 258. The fraction of sp³-hybridized carbons (Fsp3) is 0.833. The minimum Gasteiger partial charge on any atom is -0.347 e. The molecule has 0 spiro atoms. The van der Waals surface area contributed by atoms with Gasteiger partial charge in [-0.1, -0.05) is 12.8 Å². The molecule has 1 saturated heterocycles. The number of nitrogens with zero attached hydrogens (tertiary/aromatic N) is 2. The van der Waals surface area contributed by atoms with Gasteiger partial charge in [-0.25, -0.2) is 0 Å². The van der Waals surface area contributed by atoms with Crippen molar-refractivity contribution in [2.75, 3.05) is 40.3 Å². The second kappa shape index (κ2) is 7.27. The SMILES string of the molecule is CN(C)CCNC(=O)C(=O)N1CCCCCC1. The van der Waals surface area contributed by atoms with E-state index in [0.29, 0.717) is 6.54 Å². The molecule has 0 aliphatic carbocycles. The third-order valence-electron chi connectivity index (χ3n) is 2.93. The molecule has 1 N–H and O–H groups in total. The molecule has 1 rings (SSSR count). The normalized spacial score (nSPS) is 16.8. The molecule has 0 aromatic heterocycles. The lowest BCUT2D eigenvalue weighted by molar-refractivity contribution is -0.145. The molecular weight excluding hydrogens is 218 g/mol. The second-order valence-electron chi connectivity index (χ2n) is 4.77. The van der Waals surface area contributed by atoms with Crippen LogP contribution in [0, 0.1) is 0 Å². The van der Waals surface area contributed by atoms with E-state index >= 15 is 0 Å². The zero-order chi connectivity index (χ0) is 12.7. The Morgan fingerprint density at radius 3 is 2.24 bits per heavy atom. The first kappa shape index (κ1) is 14.0. The Labute approximate surface area is 103 Å². The molecule has 0 unspecified atom stereocenters. The first-order chi connectivity index (χ1) is 8.11. The van der Waals surface area contributed by atoms with Crippen molar-refractivity contribution in [3.05, 3.63) is 0 Å². The van der Waals surface area contributed by atoms with Gasteiger partial charge in [0.1, 0.15) is 0 Å². The molecule has 1 aliphatic heterocycles. The van der Waals surface area contributed by atoms with E-state index in [0.717, 1.165) is 45.3 Å². The van der Waals surface area contributed by atoms with Gasteiger partial charge in [-0.2, -0.15) is 0 Å². The van der Waals surface area contributed by atoms with Crippen LogP contribution in [0.1, 0.15) is 25.7 Å². The van der Waals surface area contributed by atoms with Gasteiger partial charge in [0.2, 0.25) is 0 Å². The largest absolute Gasteiger partial charge is 0.347 e. The van der Waals surface area contributed by atoms with Crippen LogP contribution in [0.5, 0.6) is 0 Å². The highest BCUT2D eigenvalue weighted by molar-refractivity contribution is 6.35. The molecule has 0 aromatic carbocycles.